The number of benzene rings is 1. The van der Waals surface area contributed by atoms with Gasteiger partial charge in [0, 0.05) is 18.1 Å². The zero-order chi connectivity index (χ0) is 14.8. The van der Waals surface area contributed by atoms with Gasteiger partial charge in [0.15, 0.2) is 0 Å². The minimum atomic E-state index is -3.74. The van der Waals surface area contributed by atoms with Crippen LogP contribution in [-0.4, -0.2) is 50.1 Å². The number of carboxylic acid groups (broad SMARTS) is 1. The Labute approximate surface area is 121 Å². The van der Waals surface area contributed by atoms with E-state index in [4.69, 9.17) is 21.4 Å². The second kappa shape index (κ2) is 5.96. The van der Waals surface area contributed by atoms with E-state index in [1.54, 1.807) is 0 Å². The van der Waals surface area contributed by atoms with Crippen LogP contribution in [0.3, 0.4) is 0 Å². The maximum Gasteiger partial charge on any atom is 0.335 e. The molecular weight excluding hydrogens is 308 g/mol. The zero-order valence-electron chi connectivity index (χ0n) is 10.4. The fraction of sp³-hybridized carbons (Fsp3) is 0.364. The van der Waals surface area contributed by atoms with Gasteiger partial charge in [-0.1, -0.05) is 11.6 Å². The van der Waals surface area contributed by atoms with Gasteiger partial charge in [-0.05, 0) is 18.2 Å². The molecule has 0 spiro atoms. The number of anilines is 1. The zero-order valence-corrected chi connectivity index (χ0v) is 11.9. The molecule has 110 valence electrons. The Morgan fingerprint density at radius 1 is 1.30 bits per heavy atom. The summed E-state index contributed by atoms with van der Waals surface area (Å²) in [6.45, 7) is 1.16. The predicted molar refractivity (Wildman–Crippen MR) is 73.3 cm³/mol. The number of morpholine rings is 1. The van der Waals surface area contributed by atoms with Crippen LogP contribution in [0.5, 0.6) is 0 Å². The number of carboxylic acids is 1. The number of hydrogen-bond donors (Lipinski definition) is 2. The third kappa shape index (κ3) is 3.60. The molecule has 1 aromatic rings. The van der Waals surface area contributed by atoms with Gasteiger partial charge in [-0.3, -0.25) is 4.72 Å². The molecule has 0 amide bonds. The van der Waals surface area contributed by atoms with E-state index in [9.17, 15) is 13.2 Å². The van der Waals surface area contributed by atoms with Crippen molar-refractivity contribution >= 4 is 33.5 Å². The van der Waals surface area contributed by atoms with E-state index in [0.29, 0.717) is 13.2 Å². The lowest BCUT2D eigenvalue weighted by Crippen LogP contribution is -2.43. The molecule has 1 heterocycles. The molecule has 1 aliphatic rings. The molecule has 1 fully saturated rings. The van der Waals surface area contributed by atoms with E-state index in [0.717, 1.165) is 0 Å². The monoisotopic (exact) mass is 320 g/mol. The quantitative estimate of drug-likeness (QED) is 0.863. The maximum atomic E-state index is 12.1. The van der Waals surface area contributed by atoms with Crippen molar-refractivity contribution in [2.45, 2.75) is 0 Å². The van der Waals surface area contributed by atoms with Crippen LogP contribution in [0.2, 0.25) is 5.02 Å². The highest BCUT2D eigenvalue weighted by molar-refractivity contribution is 7.90. The molecule has 2 N–H and O–H groups in total. The van der Waals surface area contributed by atoms with Crippen LogP contribution >= 0.6 is 11.6 Å². The number of rotatable bonds is 4. The Bertz CT molecular complexity index is 613. The highest BCUT2D eigenvalue weighted by atomic mass is 35.5. The van der Waals surface area contributed by atoms with Crippen molar-refractivity contribution in [2.75, 3.05) is 31.0 Å². The molecule has 1 saturated heterocycles. The molecule has 20 heavy (non-hydrogen) atoms. The van der Waals surface area contributed by atoms with Gasteiger partial charge < -0.3 is 9.84 Å². The third-order valence-corrected chi connectivity index (χ3v) is 4.46. The van der Waals surface area contributed by atoms with Crippen molar-refractivity contribution in [3.8, 4) is 0 Å². The van der Waals surface area contributed by atoms with Crippen LogP contribution in [0, 0.1) is 0 Å². The molecule has 1 aromatic carbocycles. The highest BCUT2D eigenvalue weighted by Crippen LogP contribution is 2.21. The standard InChI is InChI=1S/C11H13ClN2O5S/c12-9-5-8(11(15)16)6-10(7-9)13-20(17,18)14-1-3-19-4-2-14/h5-7,13H,1-4H2,(H,15,16). The van der Waals surface area contributed by atoms with Crippen molar-refractivity contribution in [1.82, 2.24) is 4.31 Å². The Morgan fingerprint density at radius 3 is 2.55 bits per heavy atom. The van der Waals surface area contributed by atoms with E-state index in [1.807, 2.05) is 0 Å². The molecular formula is C11H13ClN2O5S. The molecule has 0 aliphatic carbocycles. The Morgan fingerprint density at radius 2 is 1.95 bits per heavy atom. The van der Waals surface area contributed by atoms with Gasteiger partial charge in [0.05, 0.1) is 24.5 Å². The number of aromatic carboxylic acids is 1. The SMILES string of the molecule is O=C(O)c1cc(Cl)cc(NS(=O)(=O)N2CCOCC2)c1. The van der Waals surface area contributed by atoms with E-state index >= 15 is 0 Å². The van der Waals surface area contributed by atoms with Crippen molar-refractivity contribution in [2.24, 2.45) is 0 Å². The minimum absolute atomic E-state index is 0.0859. The largest absolute Gasteiger partial charge is 0.478 e. The predicted octanol–water partition coefficient (Wildman–Crippen LogP) is 1.03. The summed E-state index contributed by atoms with van der Waals surface area (Å²) < 4.78 is 32.9. The minimum Gasteiger partial charge on any atom is -0.478 e. The lowest BCUT2D eigenvalue weighted by Gasteiger charge is -2.26. The van der Waals surface area contributed by atoms with E-state index in [1.165, 1.54) is 22.5 Å². The molecule has 0 atom stereocenters. The van der Waals surface area contributed by atoms with Gasteiger partial charge in [-0.15, -0.1) is 0 Å². The fourth-order valence-corrected chi connectivity index (χ4v) is 3.18. The van der Waals surface area contributed by atoms with Gasteiger partial charge in [-0.25, -0.2) is 4.79 Å². The normalized spacial score (nSPS) is 16.9. The molecule has 0 aromatic heterocycles. The number of nitrogens with zero attached hydrogens (tertiary/aromatic N) is 1. The first kappa shape index (κ1) is 15.0. The summed E-state index contributed by atoms with van der Waals surface area (Å²) in [5.74, 6) is -1.18. The summed E-state index contributed by atoms with van der Waals surface area (Å²) in [6.07, 6.45) is 0. The number of carbonyl (C=O) groups is 1. The number of ether oxygens (including phenoxy) is 1. The van der Waals surface area contributed by atoms with Crippen molar-refractivity contribution in [3.05, 3.63) is 28.8 Å². The van der Waals surface area contributed by atoms with Gasteiger partial charge >= 0.3 is 16.2 Å². The number of nitrogens with one attached hydrogen (secondary N) is 1. The highest BCUT2D eigenvalue weighted by Gasteiger charge is 2.24. The van der Waals surface area contributed by atoms with Crippen LogP contribution in [0.4, 0.5) is 5.69 Å². The molecule has 0 saturated carbocycles. The summed E-state index contributed by atoms with van der Waals surface area (Å²) in [7, 11) is -3.74. The van der Waals surface area contributed by atoms with Crippen molar-refractivity contribution < 1.29 is 23.1 Å². The lowest BCUT2D eigenvalue weighted by atomic mass is 10.2. The summed E-state index contributed by atoms with van der Waals surface area (Å²) >= 11 is 5.78. The Kier molecular flexibility index (Phi) is 4.48. The third-order valence-electron chi connectivity index (χ3n) is 2.70. The summed E-state index contributed by atoms with van der Waals surface area (Å²) in [4.78, 5) is 10.9. The second-order valence-corrected chi connectivity index (χ2v) is 6.26. The van der Waals surface area contributed by atoms with Gasteiger partial charge in [0.2, 0.25) is 0 Å². The van der Waals surface area contributed by atoms with Crippen LogP contribution in [-0.2, 0) is 14.9 Å². The molecule has 9 heteroatoms. The lowest BCUT2D eigenvalue weighted by molar-refractivity contribution is 0.0697. The van der Waals surface area contributed by atoms with Crippen molar-refractivity contribution in [1.29, 1.82) is 0 Å². The molecule has 7 nitrogen and oxygen atoms in total. The first-order chi connectivity index (χ1) is 9.38. The first-order valence-corrected chi connectivity index (χ1v) is 7.60. The van der Waals surface area contributed by atoms with Crippen LogP contribution < -0.4 is 4.72 Å². The summed E-state index contributed by atoms with van der Waals surface area (Å²) in [5, 5.41) is 9.06. The smallest absolute Gasteiger partial charge is 0.335 e. The van der Waals surface area contributed by atoms with E-state index in [-0.39, 0.29) is 29.4 Å². The average Bonchev–Trinajstić information content (AvgIpc) is 2.38. The number of halogens is 1. The van der Waals surface area contributed by atoms with Gasteiger partial charge in [-0.2, -0.15) is 12.7 Å². The summed E-state index contributed by atoms with van der Waals surface area (Å²) in [6, 6.07) is 3.81. The van der Waals surface area contributed by atoms with E-state index in [2.05, 4.69) is 4.72 Å². The van der Waals surface area contributed by atoms with Crippen LogP contribution in [0.25, 0.3) is 0 Å². The van der Waals surface area contributed by atoms with Gasteiger partial charge in [0.25, 0.3) is 0 Å². The van der Waals surface area contributed by atoms with Crippen LogP contribution in [0.1, 0.15) is 10.4 Å². The van der Waals surface area contributed by atoms with E-state index < -0.39 is 16.2 Å². The molecule has 0 unspecified atom stereocenters. The molecule has 2 rings (SSSR count). The maximum absolute atomic E-state index is 12.1. The fourth-order valence-electron chi connectivity index (χ4n) is 1.77. The Balaban J connectivity index is 2.22. The topological polar surface area (TPSA) is 95.9 Å². The summed E-state index contributed by atoms with van der Waals surface area (Å²) in [5.41, 5.74) is 0.0265. The van der Waals surface area contributed by atoms with Crippen LogP contribution in [0.15, 0.2) is 18.2 Å². The number of hydrogen-bond acceptors (Lipinski definition) is 4. The molecule has 0 radical (unpaired) electrons. The molecule has 0 bridgehead atoms. The average molecular weight is 321 g/mol. The van der Waals surface area contributed by atoms with Gasteiger partial charge in [0.1, 0.15) is 0 Å². The first-order valence-electron chi connectivity index (χ1n) is 5.78. The van der Waals surface area contributed by atoms with Crippen molar-refractivity contribution in [3.63, 3.8) is 0 Å². The Hall–Kier alpha value is -1.35. The molecule has 1 aliphatic heterocycles. The second-order valence-electron chi connectivity index (χ2n) is 4.15.